The molecule has 1 N–H and O–H groups in total. The lowest BCUT2D eigenvalue weighted by Crippen LogP contribution is -2.46. The fourth-order valence-corrected chi connectivity index (χ4v) is 2.31. The average molecular weight is 243 g/mol. The predicted octanol–water partition coefficient (Wildman–Crippen LogP) is 0.494. The van der Waals surface area contributed by atoms with Crippen LogP contribution < -0.4 is 5.32 Å². The van der Waals surface area contributed by atoms with E-state index >= 15 is 0 Å². The number of ether oxygens (including phenoxy) is 1. The molecule has 1 rings (SSSR count). The van der Waals surface area contributed by atoms with Gasteiger partial charge >= 0.3 is 0 Å². The lowest BCUT2D eigenvalue weighted by molar-refractivity contribution is 0.165. The molecule has 17 heavy (non-hydrogen) atoms. The first-order valence-electron chi connectivity index (χ1n) is 6.78. The second kappa shape index (κ2) is 8.03. The van der Waals surface area contributed by atoms with Crippen molar-refractivity contribution in [3.05, 3.63) is 0 Å². The highest BCUT2D eigenvalue weighted by molar-refractivity contribution is 4.81. The number of nitrogens with zero attached hydrogens (tertiary/aromatic N) is 2. The third kappa shape index (κ3) is 5.82. The molecule has 102 valence electrons. The molecule has 0 spiro atoms. The molecule has 1 saturated heterocycles. The minimum absolute atomic E-state index is 0.578. The Labute approximate surface area is 106 Å². The van der Waals surface area contributed by atoms with Gasteiger partial charge in [0.2, 0.25) is 0 Å². The first-order chi connectivity index (χ1) is 8.13. The maximum absolute atomic E-state index is 5.50. The van der Waals surface area contributed by atoms with Gasteiger partial charge in [0.05, 0.1) is 6.61 Å². The molecule has 0 aromatic rings. The third-order valence-electron chi connectivity index (χ3n) is 3.44. The highest BCUT2D eigenvalue weighted by Crippen LogP contribution is 2.17. The zero-order valence-corrected chi connectivity index (χ0v) is 11.9. The first-order valence-corrected chi connectivity index (χ1v) is 6.78. The van der Waals surface area contributed by atoms with Crippen molar-refractivity contribution in [2.45, 2.75) is 19.4 Å². The Balaban J connectivity index is 2.31. The molecule has 1 heterocycles. The zero-order valence-electron chi connectivity index (χ0n) is 11.9. The largest absolute Gasteiger partial charge is 0.381 e. The number of hydrogen-bond donors (Lipinski definition) is 1. The van der Waals surface area contributed by atoms with Gasteiger partial charge in [0.25, 0.3) is 0 Å². The molecule has 2 atom stereocenters. The van der Waals surface area contributed by atoms with E-state index in [9.17, 15) is 0 Å². The minimum Gasteiger partial charge on any atom is -0.381 e. The van der Waals surface area contributed by atoms with Gasteiger partial charge in [-0.1, -0.05) is 6.92 Å². The summed E-state index contributed by atoms with van der Waals surface area (Å²) in [5.41, 5.74) is 0. The Kier molecular flexibility index (Phi) is 7.04. The van der Waals surface area contributed by atoms with Crippen LogP contribution in [-0.2, 0) is 4.74 Å². The third-order valence-corrected chi connectivity index (χ3v) is 3.44. The Hall–Kier alpha value is -0.160. The van der Waals surface area contributed by atoms with Gasteiger partial charge in [-0.05, 0) is 34.1 Å². The van der Waals surface area contributed by atoms with Crippen LogP contribution in [-0.4, -0.2) is 76.4 Å². The summed E-state index contributed by atoms with van der Waals surface area (Å²) in [5, 5.41) is 3.61. The van der Waals surface area contributed by atoms with E-state index in [1.807, 2.05) is 0 Å². The number of likely N-dealkylation sites (N-methyl/N-ethyl adjacent to an activating group) is 3. The highest BCUT2D eigenvalue weighted by atomic mass is 16.5. The van der Waals surface area contributed by atoms with Gasteiger partial charge in [-0.15, -0.1) is 0 Å². The maximum atomic E-state index is 5.50. The second-order valence-electron chi connectivity index (χ2n) is 5.35. The normalized spacial score (nSPS) is 22.6. The molecule has 0 saturated carbocycles. The maximum Gasteiger partial charge on any atom is 0.0510 e. The average Bonchev–Trinajstić information content (AvgIpc) is 2.79. The van der Waals surface area contributed by atoms with Crippen molar-refractivity contribution in [1.29, 1.82) is 0 Å². The van der Waals surface area contributed by atoms with Crippen LogP contribution in [0.4, 0.5) is 0 Å². The van der Waals surface area contributed by atoms with Crippen molar-refractivity contribution in [3.63, 3.8) is 0 Å². The first kappa shape index (κ1) is 14.9. The number of hydrogen-bond acceptors (Lipinski definition) is 4. The molecule has 1 aliphatic heterocycles. The van der Waals surface area contributed by atoms with Crippen LogP contribution in [0.5, 0.6) is 0 Å². The molecule has 1 aliphatic rings. The summed E-state index contributed by atoms with van der Waals surface area (Å²) >= 11 is 0. The van der Waals surface area contributed by atoms with Crippen LogP contribution in [0.1, 0.15) is 13.3 Å². The van der Waals surface area contributed by atoms with Crippen LogP contribution in [0.25, 0.3) is 0 Å². The molecule has 0 bridgehead atoms. The molecular formula is C13H29N3O. The van der Waals surface area contributed by atoms with Gasteiger partial charge in [-0.3, -0.25) is 0 Å². The molecule has 1 fully saturated rings. The van der Waals surface area contributed by atoms with Gasteiger partial charge in [0.1, 0.15) is 0 Å². The van der Waals surface area contributed by atoms with E-state index in [4.69, 9.17) is 4.74 Å². The molecule has 0 radical (unpaired) electrons. The standard InChI is InChI=1S/C13H29N3O/c1-5-14-13(12-6-9-17-11-12)10-16(4)8-7-15(2)3/h12-14H,5-11H2,1-4H3. The van der Waals surface area contributed by atoms with E-state index in [1.54, 1.807) is 0 Å². The number of nitrogens with one attached hydrogen (secondary N) is 1. The van der Waals surface area contributed by atoms with E-state index in [0.29, 0.717) is 12.0 Å². The number of rotatable bonds is 8. The van der Waals surface area contributed by atoms with Crippen LogP contribution in [0.15, 0.2) is 0 Å². The minimum atomic E-state index is 0.578. The van der Waals surface area contributed by atoms with Crippen LogP contribution in [0.2, 0.25) is 0 Å². The summed E-state index contributed by atoms with van der Waals surface area (Å²) in [6, 6.07) is 0.578. The van der Waals surface area contributed by atoms with E-state index < -0.39 is 0 Å². The van der Waals surface area contributed by atoms with Gasteiger partial charge in [-0.25, -0.2) is 0 Å². The smallest absolute Gasteiger partial charge is 0.0510 e. The van der Waals surface area contributed by atoms with Gasteiger partial charge in [0, 0.05) is 38.2 Å². The second-order valence-corrected chi connectivity index (χ2v) is 5.35. The molecule has 2 unspecified atom stereocenters. The molecule has 0 aliphatic carbocycles. The van der Waals surface area contributed by atoms with E-state index in [-0.39, 0.29) is 0 Å². The summed E-state index contributed by atoms with van der Waals surface area (Å²) in [7, 11) is 6.46. The lowest BCUT2D eigenvalue weighted by atomic mass is 9.98. The van der Waals surface area contributed by atoms with Crippen molar-refractivity contribution in [3.8, 4) is 0 Å². The molecule has 0 aromatic heterocycles. The van der Waals surface area contributed by atoms with Crippen molar-refractivity contribution in [2.24, 2.45) is 5.92 Å². The summed E-state index contributed by atoms with van der Waals surface area (Å²) < 4.78 is 5.50. The molecular weight excluding hydrogens is 214 g/mol. The lowest BCUT2D eigenvalue weighted by Gasteiger charge is -2.29. The molecule has 4 heteroatoms. The Bertz CT molecular complexity index is 193. The topological polar surface area (TPSA) is 27.7 Å². The van der Waals surface area contributed by atoms with E-state index in [2.05, 4.69) is 43.2 Å². The van der Waals surface area contributed by atoms with E-state index in [0.717, 1.165) is 39.4 Å². The predicted molar refractivity (Wildman–Crippen MR) is 72.4 cm³/mol. The summed E-state index contributed by atoms with van der Waals surface area (Å²) in [4.78, 5) is 4.66. The van der Waals surface area contributed by atoms with Crippen molar-refractivity contribution in [1.82, 2.24) is 15.1 Å². The van der Waals surface area contributed by atoms with Crippen molar-refractivity contribution >= 4 is 0 Å². The fourth-order valence-electron chi connectivity index (χ4n) is 2.31. The summed E-state index contributed by atoms with van der Waals surface area (Å²) in [6.45, 7) is 8.47. The van der Waals surface area contributed by atoms with Crippen molar-refractivity contribution in [2.75, 3.05) is 60.5 Å². The molecule has 0 aromatic carbocycles. The molecule has 4 nitrogen and oxygen atoms in total. The summed E-state index contributed by atoms with van der Waals surface area (Å²) in [5.74, 6) is 0.691. The molecule has 0 amide bonds. The van der Waals surface area contributed by atoms with Gasteiger partial charge in [-0.2, -0.15) is 0 Å². The Morgan fingerprint density at radius 1 is 1.29 bits per heavy atom. The van der Waals surface area contributed by atoms with Crippen LogP contribution in [0.3, 0.4) is 0 Å². The highest BCUT2D eigenvalue weighted by Gasteiger charge is 2.25. The van der Waals surface area contributed by atoms with Gasteiger partial charge < -0.3 is 19.9 Å². The Morgan fingerprint density at radius 2 is 2.06 bits per heavy atom. The Morgan fingerprint density at radius 3 is 2.59 bits per heavy atom. The van der Waals surface area contributed by atoms with Crippen LogP contribution in [0, 0.1) is 5.92 Å². The van der Waals surface area contributed by atoms with E-state index in [1.165, 1.54) is 6.42 Å². The van der Waals surface area contributed by atoms with Crippen LogP contribution >= 0.6 is 0 Å². The fraction of sp³-hybridized carbons (Fsp3) is 1.00. The zero-order chi connectivity index (χ0) is 12.7. The quantitative estimate of drug-likeness (QED) is 0.672. The van der Waals surface area contributed by atoms with Crippen molar-refractivity contribution < 1.29 is 4.74 Å². The SMILES string of the molecule is CCNC(CN(C)CCN(C)C)C1CCOC1. The van der Waals surface area contributed by atoms with Gasteiger partial charge in [0.15, 0.2) is 0 Å². The monoisotopic (exact) mass is 243 g/mol. The summed E-state index contributed by atoms with van der Waals surface area (Å²) in [6.07, 6.45) is 1.21.